The second-order valence-corrected chi connectivity index (χ2v) is 4.99. The van der Waals surface area contributed by atoms with Gasteiger partial charge in [0.25, 0.3) is 0 Å². The molecule has 6 heteroatoms. The van der Waals surface area contributed by atoms with Gasteiger partial charge in [-0.25, -0.2) is 9.67 Å². The SMILES string of the molecule is CCc1nn(-c2ccc(Br)cn2)c(Cl)c1CCl. The van der Waals surface area contributed by atoms with Gasteiger partial charge in [-0.15, -0.1) is 11.6 Å². The fraction of sp³-hybridized carbons (Fsp3) is 0.273. The van der Waals surface area contributed by atoms with Crippen LogP contribution in [0.25, 0.3) is 5.82 Å². The average molecular weight is 335 g/mol. The summed E-state index contributed by atoms with van der Waals surface area (Å²) < 4.78 is 2.53. The molecule has 0 aliphatic rings. The lowest BCUT2D eigenvalue weighted by Crippen LogP contribution is -1.99. The number of aromatic nitrogens is 3. The highest BCUT2D eigenvalue weighted by atomic mass is 79.9. The predicted molar refractivity (Wildman–Crippen MR) is 73.0 cm³/mol. The Morgan fingerprint density at radius 1 is 1.41 bits per heavy atom. The molecule has 0 amide bonds. The summed E-state index contributed by atoms with van der Waals surface area (Å²) in [6.07, 6.45) is 2.50. The number of alkyl halides is 1. The van der Waals surface area contributed by atoms with Crippen molar-refractivity contribution in [1.29, 1.82) is 0 Å². The summed E-state index contributed by atoms with van der Waals surface area (Å²) in [6, 6.07) is 3.74. The topological polar surface area (TPSA) is 30.7 Å². The Hall–Kier alpha value is -0.580. The van der Waals surface area contributed by atoms with E-state index in [-0.39, 0.29) is 0 Å². The molecule has 0 aromatic carbocycles. The maximum Gasteiger partial charge on any atom is 0.155 e. The second kappa shape index (κ2) is 5.38. The molecule has 17 heavy (non-hydrogen) atoms. The number of rotatable bonds is 3. The van der Waals surface area contributed by atoms with E-state index >= 15 is 0 Å². The number of aryl methyl sites for hydroxylation is 1. The van der Waals surface area contributed by atoms with Gasteiger partial charge < -0.3 is 0 Å². The van der Waals surface area contributed by atoms with Crippen LogP contribution in [0.3, 0.4) is 0 Å². The predicted octanol–water partition coefficient (Wildman–Crippen LogP) is 3.98. The summed E-state index contributed by atoms with van der Waals surface area (Å²) in [5, 5.41) is 4.96. The summed E-state index contributed by atoms with van der Waals surface area (Å²) in [4.78, 5) is 4.26. The van der Waals surface area contributed by atoms with Gasteiger partial charge in [0.05, 0.1) is 11.6 Å². The fourth-order valence-corrected chi connectivity index (χ4v) is 2.42. The molecule has 0 saturated carbocycles. The van der Waals surface area contributed by atoms with Crippen LogP contribution in [0.2, 0.25) is 5.15 Å². The molecule has 0 bridgehead atoms. The van der Waals surface area contributed by atoms with Crippen molar-refractivity contribution in [3.63, 3.8) is 0 Å². The first-order valence-corrected chi connectivity index (χ1v) is 6.82. The quantitative estimate of drug-likeness (QED) is 0.795. The molecule has 2 heterocycles. The lowest BCUT2D eigenvalue weighted by molar-refractivity contribution is 0.816. The molecule has 0 radical (unpaired) electrons. The molecule has 0 aliphatic carbocycles. The minimum absolute atomic E-state index is 0.360. The summed E-state index contributed by atoms with van der Waals surface area (Å²) in [5.74, 6) is 1.04. The zero-order valence-corrected chi connectivity index (χ0v) is 12.2. The third-order valence-electron chi connectivity index (χ3n) is 2.40. The van der Waals surface area contributed by atoms with E-state index in [1.807, 2.05) is 19.1 Å². The van der Waals surface area contributed by atoms with Crippen LogP contribution in [-0.2, 0) is 12.3 Å². The molecule has 2 aromatic rings. The Labute approximate surface area is 118 Å². The highest BCUT2D eigenvalue weighted by Gasteiger charge is 2.15. The van der Waals surface area contributed by atoms with Gasteiger partial charge in [0.1, 0.15) is 5.15 Å². The van der Waals surface area contributed by atoms with Crippen LogP contribution in [0.15, 0.2) is 22.8 Å². The molecule has 3 nitrogen and oxygen atoms in total. The van der Waals surface area contributed by atoms with Gasteiger partial charge in [0.2, 0.25) is 0 Å². The van der Waals surface area contributed by atoms with Crippen LogP contribution >= 0.6 is 39.1 Å². The monoisotopic (exact) mass is 333 g/mol. The lowest BCUT2D eigenvalue weighted by Gasteiger charge is -2.01. The highest BCUT2D eigenvalue weighted by Crippen LogP contribution is 2.25. The Kier molecular flexibility index (Phi) is 4.07. The average Bonchev–Trinajstić information content (AvgIpc) is 2.66. The van der Waals surface area contributed by atoms with Crippen molar-refractivity contribution in [1.82, 2.24) is 14.8 Å². The summed E-state index contributed by atoms with van der Waals surface area (Å²) >= 11 is 15.5. The number of halogens is 3. The van der Waals surface area contributed by atoms with Gasteiger partial charge in [0.15, 0.2) is 5.82 Å². The fourth-order valence-electron chi connectivity index (χ4n) is 1.53. The standard InChI is InChI=1S/C11H10BrCl2N3/c1-2-9-8(5-13)11(14)17(16-9)10-4-3-7(12)6-15-10/h3-4,6H,2,5H2,1H3. The van der Waals surface area contributed by atoms with Gasteiger partial charge in [-0.1, -0.05) is 18.5 Å². The largest absolute Gasteiger partial charge is 0.236 e. The normalized spacial score (nSPS) is 10.8. The Bertz CT molecular complexity index is 522. The van der Waals surface area contributed by atoms with Gasteiger partial charge in [-0.05, 0) is 34.5 Å². The molecule has 0 saturated heterocycles. The maximum atomic E-state index is 6.25. The van der Waals surface area contributed by atoms with Gasteiger partial charge >= 0.3 is 0 Å². The second-order valence-electron chi connectivity index (χ2n) is 3.45. The third kappa shape index (κ3) is 2.49. The summed E-state index contributed by atoms with van der Waals surface area (Å²) in [6.45, 7) is 2.02. The summed E-state index contributed by atoms with van der Waals surface area (Å²) in [7, 11) is 0. The van der Waals surface area contributed by atoms with E-state index in [2.05, 4.69) is 26.0 Å². The van der Waals surface area contributed by atoms with Crippen molar-refractivity contribution in [2.45, 2.75) is 19.2 Å². The van der Waals surface area contributed by atoms with Crippen molar-refractivity contribution in [3.8, 4) is 5.82 Å². The Balaban J connectivity index is 2.52. The molecule has 0 fully saturated rings. The van der Waals surface area contributed by atoms with Crippen molar-refractivity contribution in [2.24, 2.45) is 0 Å². The molecule has 0 atom stereocenters. The van der Waals surface area contributed by atoms with Crippen molar-refractivity contribution < 1.29 is 0 Å². The van der Waals surface area contributed by atoms with Crippen LogP contribution in [0, 0.1) is 0 Å². The van der Waals surface area contributed by atoms with Crippen LogP contribution < -0.4 is 0 Å². The van der Waals surface area contributed by atoms with Crippen LogP contribution in [0.5, 0.6) is 0 Å². The number of hydrogen-bond acceptors (Lipinski definition) is 2. The highest BCUT2D eigenvalue weighted by molar-refractivity contribution is 9.10. The van der Waals surface area contributed by atoms with E-state index in [1.54, 1.807) is 10.9 Å². The third-order valence-corrected chi connectivity index (χ3v) is 3.53. The molecule has 0 spiro atoms. The van der Waals surface area contributed by atoms with Crippen LogP contribution in [0.4, 0.5) is 0 Å². The zero-order chi connectivity index (χ0) is 12.4. The van der Waals surface area contributed by atoms with Crippen LogP contribution in [-0.4, -0.2) is 14.8 Å². The molecular weight excluding hydrogens is 325 g/mol. The smallest absolute Gasteiger partial charge is 0.155 e. The first-order valence-electron chi connectivity index (χ1n) is 5.11. The minimum atomic E-state index is 0.360. The first kappa shape index (κ1) is 12.9. The van der Waals surface area contributed by atoms with E-state index in [9.17, 15) is 0 Å². The minimum Gasteiger partial charge on any atom is -0.236 e. The lowest BCUT2D eigenvalue weighted by atomic mass is 10.2. The number of hydrogen-bond donors (Lipinski definition) is 0. The molecule has 2 aromatic heterocycles. The van der Waals surface area contributed by atoms with Gasteiger partial charge in [-0.3, -0.25) is 0 Å². The van der Waals surface area contributed by atoms with Crippen molar-refractivity contribution in [2.75, 3.05) is 0 Å². The Morgan fingerprint density at radius 3 is 2.65 bits per heavy atom. The van der Waals surface area contributed by atoms with Gasteiger partial charge in [-0.2, -0.15) is 5.10 Å². The van der Waals surface area contributed by atoms with Crippen molar-refractivity contribution >= 4 is 39.1 Å². The van der Waals surface area contributed by atoms with E-state index < -0.39 is 0 Å². The van der Waals surface area contributed by atoms with Gasteiger partial charge in [0, 0.05) is 16.2 Å². The number of nitrogens with zero attached hydrogens (tertiary/aromatic N) is 3. The van der Waals surface area contributed by atoms with E-state index in [4.69, 9.17) is 23.2 Å². The maximum absolute atomic E-state index is 6.25. The molecule has 2 rings (SSSR count). The first-order chi connectivity index (χ1) is 8.17. The van der Waals surface area contributed by atoms with E-state index in [1.165, 1.54) is 0 Å². The molecule has 0 aliphatic heterocycles. The molecular formula is C11H10BrCl2N3. The van der Waals surface area contributed by atoms with E-state index in [0.29, 0.717) is 16.9 Å². The summed E-state index contributed by atoms with van der Waals surface area (Å²) in [5.41, 5.74) is 1.79. The molecule has 0 unspecified atom stereocenters. The number of pyridine rings is 1. The van der Waals surface area contributed by atoms with E-state index in [0.717, 1.165) is 22.2 Å². The molecule has 90 valence electrons. The Morgan fingerprint density at radius 2 is 2.18 bits per heavy atom. The zero-order valence-electron chi connectivity index (χ0n) is 9.12. The van der Waals surface area contributed by atoms with Crippen LogP contribution in [0.1, 0.15) is 18.2 Å². The molecule has 0 N–H and O–H groups in total. The van der Waals surface area contributed by atoms with Crippen molar-refractivity contribution in [3.05, 3.63) is 39.2 Å².